The summed E-state index contributed by atoms with van der Waals surface area (Å²) in [5.74, 6) is 0. The molecule has 1 fully saturated rings. The lowest BCUT2D eigenvalue weighted by Gasteiger charge is -2.36. The minimum absolute atomic E-state index is 0.567. The molecule has 0 atom stereocenters. The van der Waals surface area contributed by atoms with Crippen molar-refractivity contribution in [3.05, 3.63) is 63.7 Å². The zero-order valence-electron chi connectivity index (χ0n) is 18.3. The number of piperazine rings is 1. The summed E-state index contributed by atoms with van der Waals surface area (Å²) in [6.07, 6.45) is 5.87. The zero-order valence-corrected chi connectivity index (χ0v) is 20.6. The Morgan fingerprint density at radius 3 is 2.53 bits per heavy atom. The number of benzene rings is 1. The molecule has 10 heteroatoms. The molecule has 3 aromatic rings. The van der Waals surface area contributed by atoms with E-state index in [2.05, 4.69) is 45.4 Å². The molecule has 170 valence electrons. The van der Waals surface area contributed by atoms with Gasteiger partial charge in [0.25, 0.3) is 0 Å². The van der Waals surface area contributed by atoms with E-state index in [9.17, 15) is 0 Å². The molecule has 0 radical (unpaired) electrons. The third kappa shape index (κ3) is 5.61. The van der Waals surface area contributed by atoms with Gasteiger partial charge in [0, 0.05) is 67.3 Å². The Balaban J connectivity index is 1.27. The highest BCUT2D eigenvalue weighted by molar-refractivity contribution is 7.80. The molecule has 0 saturated carbocycles. The van der Waals surface area contributed by atoms with Crippen molar-refractivity contribution < 1.29 is 0 Å². The largest absolute Gasteiger partial charge is 0.346 e. The third-order valence-corrected chi connectivity index (χ3v) is 6.60. The third-order valence-electron chi connectivity index (χ3n) is 5.66. The quantitative estimate of drug-likeness (QED) is 0.519. The maximum absolute atomic E-state index is 6.27. The van der Waals surface area contributed by atoms with E-state index in [0.29, 0.717) is 16.6 Å². The van der Waals surface area contributed by atoms with Crippen molar-refractivity contribution in [2.24, 2.45) is 0 Å². The maximum atomic E-state index is 6.27. The average molecular weight is 492 g/mol. The van der Waals surface area contributed by atoms with Crippen LogP contribution in [0.4, 0.5) is 5.69 Å². The Morgan fingerprint density at radius 2 is 1.84 bits per heavy atom. The molecule has 1 aliphatic heterocycles. The van der Waals surface area contributed by atoms with Crippen molar-refractivity contribution in [3.8, 4) is 0 Å². The summed E-state index contributed by atoms with van der Waals surface area (Å²) in [6, 6.07) is 5.49. The van der Waals surface area contributed by atoms with Crippen molar-refractivity contribution in [2.45, 2.75) is 33.5 Å². The monoisotopic (exact) mass is 491 g/mol. The molecule has 0 bridgehead atoms. The minimum Gasteiger partial charge on any atom is -0.346 e. The summed E-state index contributed by atoms with van der Waals surface area (Å²) in [7, 11) is 0. The van der Waals surface area contributed by atoms with Crippen LogP contribution in [-0.2, 0) is 19.6 Å². The van der Waals surface area contributed by atoms with E-state index in [1.54, 1.807) is 12.3 Å². The van der Waals surface area contributed by atoms with Gasteiger partial charge in [-0.1, -0.05) is 29.3 Å². The Hall–Kier alpha value is -2.13. The molecule has 0 unspecified atom stereocenters. The zero-order chi connectivity index (χ0) is 22.7. The molecular formula is C22H27Cl2N7S. The number of rotatable bonds is 6. The van der Waals surface area contributed by atoms with Gasteiger partial charge in [0.05, 0.1) is 24.1 Å². The second-order valence-electron chi connectivity index (χ2n) is 7.95. The van der Waals surface area contributed by atoms with E-state index < -0.39 is 0 Å². The first-order chi connectivity index (χ1) is 15.4. The molecule has 4 rings (SSSR count). The molecule has 0 aliphatic carbocycles. The second-order valence-corrected chi connectivity index (χ2v) is 9.18. The molecule has 7 nitrogen and oxygen atoms in total. The summed E-state index contributed by atoms with van der Waals surface area (Å²) in [5, 5.41) is 14.3. The van der Waals surface area contributed by atoms with Crippen molar-refractivity contribution in [3.63, 3.8) is 0 Å². The molecule has 1 aromatic carbocycles. The average Bonchev–Trinajstić information content (AvgIpc) is 3.36. The Bertz CT molecular complexity index is 1090. The van der Waals surface area contributed by atoms with E-state index in [4.69, 9.17) is 35.4 Å². The van der Waals surface area contributed by atoms with Gasteiger partial charge in [-0.05, 0) is 43.8 Å². The molecular weight excluding hydrogens is 465 g/mol. The number of halogens is 2. The summed E-state index contributed by atoms with van der Waals surface area (Å²) in [5.41, 5.74) is 4.24. The van der Waals surface area contributed by atoms with Crippen molar-refractivity contribution in [1.29, 1.82) is 0 Å². The number of nitrogens with zero attached hydrogens (tertiary/aromatic N) is 6. The van der Waals surface area contributed by atoms with E-state index in [1.165, 1.54) is 5.56 Å². The first kappa shape index (κ1) is 23.0. The minimum atomic E-state index is 0.567. The molecule has 32 heavy (non-hydrogen) atoms. The number of anilines is 1. The molecule has 0 amide bonds. The first-order valence-electron chi connectivity index (χ1n) is 10.7. The SMILES string of the molecule is CCn1cc(CN2CCN(C(=S)Nc3cnn(Cc4ccc(Cl)cc4Cl)c3)CC2)c(C)n1. The van der Waals surface area contributed by atoms with Gasteiger partial charge >= 0.3 is 0 Å². The van der Waals surface area contributed by atoms with Crippen molar-refractivity contribution in [2.75, 3.05) is 31.5 Å². The van der Waals surface area contributed by atoms with E-state index in [1.807, 2.05) is 27.7 Å². The van der Waals surface area contributed by atoms with Gasteiger partial charge in [-0.3, -0.25) is 14.3 Å². The lowest BCUT2D eigenvalue weighted by Crippen LogP contribution is -2.49. The maximum Gasteiger partial charge on any atom is 0.173 e. The first-order valence-corrected chi connectivity index (χ1v) is 11.8. The van der Waals surface area contributed by atoms with Crippen LogP contribution in [0.3, 0.4) is 0 Å². The van der Waals surface area contributed by atoms with Gasteiger partial charge in [-0.25, -0.2) is 0 Å². The molecule has 1 saturated heterocycles. The molecule has 1 aliphatic rings. The van der Waals surface area contributed by atoms with Gasteiger partial charge < -0.3 is 10.2 Å². The van der Waals surface area contributed by atoms with Gasteiger partial charge in [-0.2, -0.15) is 10.2 Å². The normalized spacial score (nSPS) is 14.7. The van der Waals surface area contributed by atoms with Gasteiger partial charge in [0.1, 0.15) is 0 Å². The summed E-state index contributed by atoms with van der Waals surface area (Å²) >= 11 is 17.9. The highest BCUT2D eigenvalue weighted by Crippen LogP contribution is 2.22. The lowest BCUT2D eigenvalue weighted by atomic mass is 10.2. The van der Waals surface area contributed by atoms with Crippen LogP contribution >= 0.6 is 35.4 Å². The van der Waals surface area contributed by atoms with Crippen molar-refractivity contribution in [1.82, 2.24) is 29.4 Å². The number of hydrogen-bond acceptors (Lipinski definition) is 4. The predicted molar refractivity (Wildman–Crippen MR) is 133 cm³/mol. The molecule has 1 N–H and O–H groups in total. The molecule has 2 aromatic heterocycles. The Morgan fingerprint density at radius 1 is 1.06 bits per heavy atom. The van der Waals surface area contributed by atoms with Crippen molar-refractivity contribution >= 4 is 46.2 Å². The predicted octanol–water partition coefficient (Wildman–Crippen LogP) is 4.28. The highest BCUT2D eigenvalue weighted by Gasteiger charge is 2.20. The van der Waals surface area contributed by atoms with Gasteiger partial charge in [0.15, 0.2) is 5.11 Å². The Kier molecular flexibility index (Phi) is 7.35. The van der Waals surface area contributed by atoms with Crippen LogP contribution in [0.25, 0.3) is 0 Å². The number of nitrogens with one attached hydrogen (secondary N) is 1. The number of hydrogen-bond donors (Lipinski definition) is 1. The Labute approximate surface area is 203 Å². The van der Waals surface area contributed by atoms with E-state index >= 15 is 0 Å². The highest BCUT2D eigenvalue weighted by atomic mass is 35.5. The lowest BCUT2D eigenvalue weighted by molar-refractivity contribution is 0.176. The summed E-state index contributed by atoms with van der Waals surface area (Å²) in [6.45, 7) is 10.3. The van der Waals surface area contributed by atoms with Crippen LogP contribution < -0.4 is 5.32 Å². The number of aryl methyl sites for hydroxylation is 2. The summed E-state index contributed by atoms with van der Waals surface area (Å²) in [4.78, 5) is 4.67. The van der Waals surface area contributed by atoms with Crippen LogP contribution in [0.1, 0.15) is 23.7 Å². The summed E-state index contributed by atoms with van der Waals surface area (Å²) < 4.78 is 3.83. The van der Waals surface area contributed by atoms with E-state index in [-0.39, 0.29) is 0 Å². The number of thiocarbonyl (C=S) groups is 1. The van der Waals surface area contributed by atoms with Crippen LogP contribution in [0.5, 0.6) is 0 Å². The second kappa shape index (κ2) is 10.2. The fraction of sp³-hybridized carbons (Fsp3) is 0.409. The fourth-order valence-electron chi connectivity index (χ4n) is 3.77. The smallest absolute Gasteiger partial charge is 0.173 e. The standard InChI is InChI=1S/C22H27Cl2N7S/c1-3-30-14-18(16(2)27-30)12-28-6-8-29(9-7-28)22(32)26-20-11-25-31(15-20)13-17-4-5-19(23)10-21(17)24/h4-5,10-11,14-15H,3,6-9,12-13H2,1-2H3,(H,26,32). The topological polar surface area (TPSA) is 54.1 Å². The van der Waals surface area contributed by atoms with Crippen LogP contribution in [-0.4, -0.2) is 60.7 Å². The van der Waals surface area contributed by atoms with Gasteiger partial charge in [-0.15, -0.1) is 0 Å². The van der Waals surface area contributed by atoms with Gasteiger partial charge in [0.2, 0.25) is 0 Å². The molecule has 0 spiro atoms. The van der Waals surface area contributed by atoms with E-state index in [0.717, 1.165) is 61.3 Å². The fourth-order valence-corrected chi connectivity index (χ4v) is 4.54. The number of aromatic nitrogens is 4. The van der Waals surface area contributed by atoms with Crippen LogP contribution in [0.15, 0.2) is 36.8 Å². The van der Waals surface area contributed by atoms with Crippen LogP contribution in [0.2, 0.25) is 10.0 Å². The molecule has 3 heterocycles. The van der Waals surface area contributed by atoms with Crippen LogP contribution in [0, 0.1) is 6.92 Å².